The van der Waals surface area contributed by atoms with Crippen LogP contribution in [0.2, 0.25) is 5.15 Å². The predicted molar refractivity (Wildman–Crippen MR) is 119 cm³/mol. The molecule has 1 amide bonds. The third-order valence-corrected chi connectivity index (χ3v) is 9.27. The maximum Gasteiger partial charge on any atom is 0.250 e. The first-order valence-corrected chi connectivity index (χ1v) is 13.1. The first-order chi connectivity index (χ1) is 14.2. The molecule has 2 aromatic rings. The average molecular weight is 471 g/mol. The maximum absolute atomic E-state index is 13.1. The van der Waals surface area contributed by atoms with Crippen LogP contribution in [0.5, 0.6) is 0 Å². The normalized spacial score (nSPS) is 22.3. The second-order valence-electron chi connectivity index (χ2n) is 8.29. The molecule has 2 saturated heterocycles. The van der Waals surface area contributed by atoms with E-state index >= 15 is 0 Å². The Morgan fingerprint density at radius 2 is 1.93 bits per heavy atom. The fraction of sp³-hybridized carbons (Fsp3) is 0.600. The molecule has 164 valence electrons. The number of carbonyl (C=O) groups excluding carboxylic acids is 1. The molecule has 0 radical (unpaired) electrons. The Kier molecular flexibility index (Phi) is 6.37. The topological polar surface area (TPSA) is 82.6 Å². The molecule has 2 aliphatic heterocycles. The number of carbonyl (C=O) groups is 1. The van der Waals surface area contributed by atoms with Crippen LogP contribution in [0.4, 0.5) is 0 Å². The van der Waals surface area contributed by atoms with E-state index in [2.05, 4.69) is 28.5 Å². The number of piperidine rings is 2. The number of amides is 1. The van der Waals surface area contributed by atoms with Crippen molar-refractivity contribution in [3.05, 3.63) is 23.4 Å². The SMILES string of the molecule is CC(C)N1CCC(N2CCCC(NS(=O)(=O)c3cc4nc(Cl)ccc4s3)C2=O)CC1. The Balaban J connectivity index is 1.46. The molecule has 1 N–H and O–H groups in total. The van der Waals surface area contributed by atoms with Gasteiger partial charge >= 0.3 is 0 Å². The Morgan fingerprint density at radius 3 is 2.63 bits per heavy atom. The van der Waals surface area contributed by atoms with Gasteiger partial charge in [0.15, 0.2) is 0 Å². The maximum atomic E-state index is 13.1. The average Bonchev–Trinajstić information content (AvgIpc) is 3.14. The van der Waals surface area contributed by atoms with E-state index in [1.54, 1.807) is 12.1 Å². The summed E-state index contributed by atoms with van der Waals surface area (Å²) >= 11 is 7.04. The van der Waals surface area contributed by atoms with Gasteiger partial charge in [0.1, 0.15) is 15.4 Å². The molecule has 0 aromatic carbocycles. The van der Waals surface area contributed by atoms with E-state index in [1.807, 2.05) is 4.90 Å². The highest BCUT2D eigenvalue weighted by Gasteiger charge is 2.37. The quantitative estimate of drug-likeness (QED) is 0.679. The monoisotopic (exact) mass is 470 g/mol. The summed E-state index contributed by atoms with van der Waals surface area (Å²) < 4.78 is 29.5. The van der Waals surface area contributed by atoms with Crippen LogP contribution in [-0.4, -0.2) is 66.9 Å². The van der Waals surface area contributed by atoms with Gasteiger partial charge in [-0.1, -0.05) is 11.6 Å². The summed E-state index contributed by atoms with van der Waals surface area (Å²) in [5.74, 6) is -0.102. The summed E-state index contributed by atoms with van der Waals surface area (Å²) in [6.07, 6.45) is 3.19. The van der Waals surface area contributed by atoms with E-state index in [-0.39, 0.29) is 16.2 Å². The number of thiophene rings is 1. The minimum absolute atomic E-state index is 0.102. The Labute approximate surface area is 186 Å². The van der Waals surface area contributed by atoms with Crippen LogP contribution in [0.25, 0.3) is 10.2 Å². The lowest BCUT2D eigenvalue weighted by Gasteiger charge is -2.43. The highest BCUT2D eigenvalue weighted by molar-refractivity contribution is 7.91. The van der Waals surface area contributed by atoms with Crippen LogP contribution in [0.15, 0.2) is 22.4 Å². The van der Waals surface area contributed by atoms with Crippen LogP contribution < -0.4 is 4.72 Å². The zero-order chi connectivity index (χ0) is 21.5. The van der Waals surface area contributed by atoms with Crippen molar-refractivity contribution < 1.29 is 13.2 Å². The number of aromatic nitrogens is 1. The number of halogens is 1. The fourth-order valence-corrected chi connectivity index (χ4v) is 7.05. The zero-order valence-electron chi connectivity index (χ0n) is 17.2. The molecule has 2 aromatic heterocycles. The minimum Gasteiger partial charge on any atom is -0.338 e. The lowest BCUT2D eigenvalue weighted by molar-refractivity contribution is -0.139. The molecule has 1 atom stereocenters. The molecule has 2 aliphatic rings. The fourth-order valence-electron chi connectivity index (χ4n) is 4.34. The second kappa shape index (κ2) is 8.70. The van der Waals surface area contributed by atoms with Gasteiger partial charge in [-0.25, -0.2) is 13.4 Å². The van der Waals surface area contributed by atoms with Crippen molar-refractivity contribution in [2.45, 2.75) is 61.9 Å². The van der Waals surface area contributed by atoms with Gasteiger partial charge in [0, 0.05) is 31.7 Å². The van der Waals surface area contributed by atoms with E-state index in [4.69, 9.17) is 11.6 Å². The molecule has 4 heterocycles. The van der Waals surface area contributed by atoms with Gasteiger partial charge in [-0.2, -0.15) is 4.72 Å². The highest BCUT2D eigenvalue weighted by Crippen LogP contribution is 2.30. The first-order valence-electron chi connectivity index (χ1n) is 10.4. The van der Waals surface area contributed by atoms with Crippen molar-refractivity contribution in [1.29, 1.82) is 0 Å². The number of nitrogens with zero attached hydrogens (tertiary/aromatic N) is 3. The Bertz CT molecular complexity index is 1030. The lowest BCUT2D eigenvalue weighted by atomic mass is 9.97. The van der Waals surface area contributed by atoms with Crippen LogP contribution in [0.1, 0.15) is 39.5 Å². The Hall–Kier alpha value is -1.26. The molecule has 1 unspecified atom stereocenters. The van der Waals surface area contributed by atoms with Crippen LogP contribution in [0.3, 0.4) is 0 Å². The van der Waals surface area contributed by atoms with Gasteiger partial charge in [-0.3, -0.25) is 4.79 Å². The van der Waals surface area contributed by atoms with E-state index in [0.717, 1.165) is 48.4 Å². The van der Waals surface area contributed by atoms with E-state index in [1.165, 1.54) is 6.07 Å². The largest absolute Gasteiger partial charge is 0.338 e. The smallest absolute Gasteiger partial charge is 0.250 e. The van der Waals surface area contributed by atoms with E-state index in [9.17, 15) is 13.2 Å². The zero-order valence-corrected chi connectivity index (χ0v) is 19.6. The summed E-state index contributed by atoms with van der Waals surface area (Å²) in [5, 5.41) is 0.318. The molecule has 10 heteroatoms. The van der Waals surface area contributed by atoms with Gasteiger partial charge in [0.25, 0.3) is 10.0 Å². The first kappa shape index (κ1) is 22.0. The van der Waals surface area contributed by atoms with Gasteiger partial charge < -0.3 is 9.80 Å². The van der Waals surface area contributed by atoms with Crippen LogP contribution in [0, 0.1) is 0 Å². The van der Waals surface area contributed by atoms with Crippen molar-refractivity contribution >= 4 is 49.1 Å². The van der Waals surface area contributed by atoms with Gasteiger partial charge in [0.05, 0.1) is 10.2 Å². The minimum atomic E-state index is -3.81. The van der Waals surface area contributed by atoms with E-state index < -0.39 is 16.1 Å². The van der Waals surface area contributed by atoms with Crippen molar-refractivity contribution in [3.8, 4) is 0 Å². The molecule has 0 bridgehead atoms. The number of nitrogens with one attached hydrogen (secondary N) is 1. The number of hydrogen-bond donors (Lipinski definition) is 1. The number of hydrogen-bond acceptors (Lipinski definition) is 6. The van der Waals surface area contributed by atoms with Gasteiger partial charge in [-0.15, -0.1) is 11.3 Å². The standard InChI is InChI=1S/C20H27ClN4O3S2/c1-13(2)24-10-7-14(8-11-24)25-9-3-4-15(20(25)26)23-30(27,28)19-12-16-17(29-19)5-6-18(21)22-16/h5-6,12-15,23H,3-4,7-11H2,1-2H3. The molecule has 0 aliphatic carbocycles. The Morgan fingerprint density at radius 1 is 1.20 bits per heavy atom. The summed E-state index contributed by atoms with van der Waals surface area (Å²) in [6, 6.07) is 4.89. The summed E-state index contributed by atoms with van der Waals surface area (Å²) in [7, 11) is -3.81. The van der Waals surface area contributed by atoms with Crippen molar-refractivity contribution in [2.24, 2.45) is 0 Å². The third kappa shape index (κ3) is 4.50. The number of fused-ring (bicyclic) bond motifs is 1. The predicted octanol–water partition coefficient (Wildman–Crippen LogP) is 3.09. The third-order valence-electron chi connectivity index (χ3n) is 6.02. The molecule has 4 rings (SSSR count). The number of sulfonamides is 1. The molecule has 0 saturated carbocycles. The van der Waals surface area contributed by atoms with Gasteiger partial charge in [-0.05, 0) is 57.7 Å². The second-order valence-corrected chi connectivity index (χ2v) is 11.7. The molecular weight excluding hydrogens is 444 g/mol. The van der Waals surface area contributed by atoms with Crippen molar-refractivity contribution in [2.75, 3.05) is 19.6 Å². The molecule has 30 heavy (non-hydrogen) atoms. The molecule has 2 fully saturated rings. The van der Waals surface area contributed by atoms with Crippen molar-refractivity contribution in [1.82, 2.24) is 19.5 Å². The number of likely N-dealkylation sites (tertiary alicyclic amines) is 2. The summed E-state index contributed by atoms with van der Waals surface area (Å²) in [4.78, 5) is 21.6. The van der Waals surface area contributed by atoms with E-state index in [0.29, 0.717) is 29.7 Å². The van der Waals surface area contributed by atoms with Crippen molar-refractivity contribution in [3.63, 3.8) is 0 Å². The summed E-state index contributed by atoms with van der Waals surface area (Å²) in [5.41, 5.74) is 0.543. The molecule has 7 nitrogen and oxygen atoms in total. The number of rotatable bonds is 5. The van der Waals surface area contributed by atoms with Crippen LogP contribution >= 0.6 is 22.9 Å². The lowest BCUT2D eigenvalue weighted by Crippen LogP contribution is -2.57. The van der Waals surface area contributed by atoms with Gasteiger partial charge in [0.2, 0.25) is 5.91 Å². The molecular formula is C20H27ClN4O3S2. The highest BCUT2D eigenvalue weighted by atomic mass is 35.5. The molecule has 0 spiro atoms. The van der Waals surface area contributed by atoms with Crippen LogP contribution in [-0.2, 0) is 14.8 Å². The summed E-state index contributed by atoms with van der Waals surface area (Å²) in [6.45, 7) is 7.03. The number of pyridine rings is 1.